The maximum Gasteiger partial charge on any atom is 0.234 e. The van der Waals surface area contributed by atoms with Crippen molar-refractivity contribution in [3.8, 4) is 6.07 Å². The van der Waals surface area contributed by atoms with Gasteiger partial charge in [-0.25, -0.2) is 0 Å². The first-order valence-corrected chi connectivity index (χ1v) is 4.94. The van der Waals surface area contributed by atoms with Crippen LogP contribution in [0.15, 0.2) is 18.2 Å². The molecule has 0 N–H and O–H groups in total. The number of hydrogen-bond donors (Lipinski definition) is 0. The standard InChI is InChI=1S/C12H10N2O2/c1-8-2-3-10(4-9(8)6-13)14-7-11(15)5-12(14)16/h2-4H,5,7H2,1H3. The molecule has 1 aliphatic heterocycles. The number of nitrogens with zero attached hydrogens (tertiary/aromatic N) is 2. The molecule has 4 heteroatoms. The number of carbonyl (C=O) groups is 2. The zero-order valence-corrected chi connectivity index (χ0v) is 8.86. The summed E-state index contributed by atoms with van der Waals surface area (Å²) in [5, 5.41) is 8.88. The second kappa shape index (κ2) is 3.78. The molecule has 1 fully saturated rings. The number of benzene rings is 1. The molecule has 1 heterocycles. The lowest BCUT2D eigenvalue weighted by Gasteiger charge is -2.15. The molecule has 0 radical (unpaired) electrons. The number of Topliss-reactive ketones (excluding diaryl/α,β-unsaturated/α-hetero) is 1. The molecule has 0 saturated carbocycles. The van der Waals surface area contributed by atoms with Gasteiger partial charge in [-0.1, -0.05) is 6.07 Å². The van der Waals surface area contributed by atoms with Crippen molar-refractivity contribution in [2.75, 3.05) is 11.4 Å². The van der Waals surface area contributed by atoms with Gasteiger partial charge in [0, 0.05) is 5.69 Å². The fourth-order valence-corrected chi connectivity index (χ4v) is 1.72. The van der Waals surface area contributed by atoms with Crippen molar-refractivity contribution < 1.29 is 9.59 Å². The van der Waals surface area contributed by atoms with E-state index in [1.54, 1.807) is 18.2 Å². The zero-order chi connectivity index (χ0) is 11.7. The third-order valence-corrected chi connectivity index (χ3v) is 2.64. The largest absolute Gasteiger partial charge is 0.305 e. The van der Waals surface area contributed by atoms with Crippen molar-refractivity contribution in [1.29, 1.82) is 5.26 Å². The summed E-state index contributed by atoms with van der Waals surface area (Å²) in [7, 11) is 0. The Morgan fingerprint density at radius 2 is 2.12 bits per heavy atom. The molecule has 1 amide bonds. The Morgan fingerprint density at radius 3 is 2.69 bits per heavy atom. The number of ketones is 1. The van der Waals surface area contributed by atoms with Crippen LogP contribution in [0.2, 0.25) is 0 Å². The van der Waals surface area contributed by atoms with Crippen LogP contribution in [0.25, 0.3) is 0 Å². The van der Waals surface area contributed by atoms with E-state index in [4.69, 9.17) is 5.26 Å². The highest BCUT2D eigenvalue weighted by molar-refractivity contribution is 6.15. The Bertz CT molecular complexity index is 514. The molecule has 1 aliphatic rings. The van der Waals surface area contributed by atoms with Crippen molar-refractivity contribution in [3.63, 3.8) is 0 Å². The topological polar surface area (TPSA) is 61.2 Å². The van der Waals surface area contributed by atoms with Gasteiger partial charge in [-0.05, 0) is 24.6 Å². The van der Waals surface area contributed by atoms with Crippen LogP contribution in [-0.4, -0.2) is 18.2 Å². The number of anilines is 1. The predicted octanol–water partition coefficient (Wildman–Crippen LogP) is 1.17. The molecule has 0 unspecified atom stereocenters. The van der Waals surface area contributed by atoms with Crippen LogP contribution >= 0.6 is 0 Å². The van der Waals surface area contributed by atoms with Gasteiger partial charge in [-0.15, -0.1) is 0 Å². The zero-order valence-electron chi connectivity index (χ0n) is 8.86. The first kappa shape index (κ1) is 10.4. The second-order valence-corrected chi connectivity index (χ2v) is 3.81. The molecule has 1 saturated heterocycles. The van der Waals surface area contributed by atoms with Crippen LogP contribution in [0.5, 0.6) is 0 Å². The van der Waals surface area contributed by atoms with Gasteiger partial charge in [0.05, 0.1) is 24.6 Å². The molecule has 0 atom stereocenters. The highest BCUT2D eigenvalue weighted by atomic mass is 16.2. The number of amides is 1. The van der Waals surface area contributed by atoms with Crippen LogP contribution in [-0.2, 0) is 9.59 Å². The second-order valence-electron chi connectivity index (χ2n) is 3.81. The van der Waals surface area contributed by atoms with Crippen LogP contribution < -0.4 is 4.90 Å². The lowest BCUT2D eigenvalue weighted by Crippen LogP contribution is -2.24. The average molecular weight is 214 g/mol. The van der Waals surface area contributed by atoms with Gasteiger partial charge in [0.15, 0.2) is 5.78 Å². The van der Waals surface area contributed by atoms with Crippen molar-refractivity contribution in [3.05, 3.63) is 29.3 Å². The monoisotopic (exact) mass is 214 g/mol. The predicted molar refractivity (Wildman–Crippen MR) is 57.9 cm³/mol. The number of nitriles is 1. The molecule has 0 bridgehead atoms. The fourth-order valence-electron chi connectivity index (χ4n) is 1.72. The highest BCUT2D eigenvalue weighted by Gasteiger charge is 2.28. The first-order valence-electron chi connectivity index (χ1n) is 4.94. The number of carbonyl (C=O) groups excluding carboxylic acids is 2. The van der Waals surface area contributed by atoms with E-state index in [0.29, 0.717) is 11.3 Å². The van der Waals surface area contributed by atoms with Gasteiger partial charge in [-0.3, -0.25) is 9.59 Å². The third-order valence-electron chi connectivity index (χ3n) is 2.64. The number of rotatable bonds is 1. The summed E-state index contributed by atoms with van der Waals surface area (Å²) in [5.41, 5.74) is 2.02. The summed E-state index contributed by atoms with van der Waals surface area (Å²) in [6.07, 6.45) is -0.0320. The van der Waals surface area contributed by atoms with E-state index < -0.39 is 0 Å². The smallest absolute Gasteiger partial charge is 0.234 e. The molecule has 0 aromatic heterocycles. The van der Waals surface area contributed by atoms with Gasteiger partial charge < -0.3 is 4.90 Å². The summed E-state index contributed by atoms with van der Waals surface area (Å²) in [5.74, 6) is -0.276. The van der Waals surface area contributed by atoms with Gasteiger partial charge in [0.1, 0.15) is 0 Å². The molecule has 0 aliphatic carbocycles. The van der Waals surface area contributed by atoms with Gasteiger partial charge in [0.2, 0.25) is 5.91 Å². The Kier molecular flexibility index (Phi) is 2.45. The lowest BCUT2D eigenvalue weighted by atomic mass is 10.1. The van der Waals surface area contributed by atoms with Gasteiger partial charge >= 0.3 is 0 Å². The molecule has 0 spiro atoms. The summed E-state index contributed by atoms with van der Waals surface area (Å²) < 4.78 is 0. The van der Waals surface area contributed by atoms with Crippen LogP contribution in [0.4, 0.5) is 5.69 Å². The Morgan fingerprint density at radius 1 is 1.38 bits per heavy atom. The van der Waals surface area contributed by atoms with E-state index >= 15 is 0 Å². The Hall–Kier alpha value is -2.15. The molecule has 1 aromatic rings. The quantitative estimate of drug-likeness (QED) is 0.659. The van der Waals surface area contributed by atoms with Crippen LogP contribution in [0.3, 0.4) is 0 Å². The van der Waals surface area contributed by atoms with Crippen LogP contribution in [0, 0.1) is 18.3 Å². The Labute approximate surface area is 93.1 Å². The third kappa shape index (κ3) is 1.68. The number of aryl methyl sites for hydroxylation is 1. The molecule has 80 valence electrons. The molecular formula is C12H10N2O2. The van der Waals surface area contributed by atoms with Gasteiger partial charge in [-0.2, -0.15) is 5.26 Å². The molecule has 16 heavy (non-hydrogen) atoms. The summed E-state index contributed by atoms with van der Waals surface area (Å²) in [6, 6.07) is 7.25. The minimum atomic E-state index is -0.197. The maximum absolute atomic E-state index is 11.5. The van der Waals surface area contributed by atoms with E-state index in [9.17, 15) is 9.59 Å². The van der Waals surface area contributed by atoms with E-state index in [2.05, 4.69) is 6.07 Å². The average Bonchev–Trinajstić information content (AvgIpc) is 2.59. The molecule has 4 nitrogen and oxygen atoms in total. The van der Waals surface area contributed by atoms with Crippen LogP contribution in [0.1, 0.15) is 17.5 Å². The SMILES string of the molecule is Cc1ccc(N2CC(=O)CC2=O)cc1C#N. The number of hydrogen-bond acceptors (Lipinski definition) is 3. The summed E-state index contributed by atoms with van der Waals surface area (Å²) >= 11 is 0. The summed E-state index contributed by atoms with van der Waals surface area (Å²) in [6.45, 7) is 1.95. The van der Waals surface area contributed by atoms with E-state index in [1.807, 2.05) is 6.92 Å². The minimum Gasteiger partial charge on any atom is -0.305 e. The van der Waals surface area contributed by atoms with Crippen molar-refractivity contribution in [2.24, 2.45) is 0 Å². The molecular weight excluding hydrogens is 204 g/mol. The summed E-state index contributed by atoms with van der Waals surface area (Å²) in [4.78, 5) is 24.0. The minimum absolute atomic E-state index is 0.0320. The van der Waals surface area contributed by atoms with E-state index in [0.717, 1.165) is 5.56 Å². The van der Waals surface area contributed by atoms with E-state index in [-0.39, 0.29) is 24.7 Å². The van der Waals surface area contributed by atoms with Gasteiger partial charge in [0.25, 0.3) is 0 Å². The normalized spacial score (nSPS) is 15.4. The molecule has 1 aromatic carbocycles. The van der Waals surface area contributed by atoms with E-state index in [1.165, 1.54) is 4.90 Å². The Balaban J connectivity index is 2.39. The van der Waals surface area contributed by atoms with Crippen molar-refractivity contribution in [2.45, 2.75) is 13.3 Å². The molecule has 2 rings (SSSR count). The highest BCUT2D eigenvalue weighted by Crippen LogP contribution is 2.22. The van der Waals surface area contributed by atoms with Crippen molar-refractivity contribution >= 4 is 17.4 Å². The fraction of sp³-hybridized carbons (Fsp3) is 0.250. The van der Waals surface area contributed by atoms with Crippen molar-refractivity contribution in [1.82, 2.24) is 0 Å². The maximum atomic E-state index is 11.5. The lowest BCUT2D eigenvalue weighted by molar-refractivity contribution is -0.121. The first-order chi connectivity index (χ1) is 7.61.